The first kappa shape index (κ1) is 17.6. The average Bonchev–Trinajstić information content (AvgIpc) is 3.34. The molecule has 2 aliphatic heterocycles. The van der Waals surface area contributed by atoms with Crippen LogP contribution in [0.2, 0.25) is 0 Å². The van der Waals surface area contributed by atoms with Gasteiger partial charge >= 0.3 is 0 Å². The lowest BCUT2D eigenvalue weighted by Crippen LogP contribution is -2.36. The summed E-state index contributed by atoms with van der Waals surface area (Å²) >= 11 is 0. The van der Waals surface area contributed by atoms with Crippen molar-refractivity contribution in [3.63, 3.8) is 0 Å². The molecule has 1 saturated carbocycles. The second kappa shape index (κ2) is 6.83. The van der Waals surface area contributed by atoms with Gasteiger partial charge in [0.25, 0.3) is 0 Å². The summed E-state index contributed by atoms with van der Waals surface area (Å²) in [6, 6.07) is 8.09. The molecular weight excluding hydrogens is 356 g/mol. The van der Waals surface area contributed by atoms with Gasteiger partial charge < -0.3 is 14.7 Å². The Kier molecular flexibility index (Phi) is 4.29. The predicted molar refractivity (Wildman–Crippen MR) is 105 cm³/mol. The molecular formula is C21H24N4O3. The number of amides is 1. The van der Waals surface area contributed by atoms with Gasteiger partial charge in [-0.3, -0.25) is 9.69 Å². The number of morpholine rings is 1. The molecule has 0 bridgehead atoms. The highest BCUT2D eigenvalue weighted by Crippen LogP contribution is 2.52. The van der Waals surface area contributed by atoms with Crippen LogP contribution >= 0.6 is 0 Å². The lowest BCUT2D eigenvalue weighted by atomic mass is 9.81. The SMILES string of the molecule is O=C1N(c2ccc(N3CCOCC3)cc2)c2nc(CO)ncc2C12CCCC2. The first-order chi connectivity index (χ1) is 13.7. The van der Waals surface area contributed by atoms with Crippen molar-refractivity contribution in [2.45, 2.75) is 37.7 Å². The topological polar surface area (TPSA) is 78.8 Å². The van der Waals surface area contributed by atoms with E-state index in [1.807, 2.05) is 12.1 Å². The Bertz CT molecular complexity index is 887. The Morgan fingerprint density at radius 2 is 1.75 bits per heavy atom. The van der Waals surface area contributed by atoms with E-state index in [1.165, 1.54) is 0 Å². The highest BCUT2D eigenvalue weighted by Gasteiger charge is 2.53. The van der Waals surface area contributed by atoms with Crippen molar-refractivity contribution in [3.05, 3.63) is 41.9 Å². The van der Waals surface area contributed by atoms with Crippen LogP contribution in [0.3, 0.4) is 0 Å². The number of hydrogen-bond donors (Lipinski definition) is 1. The zero-order valence-electron chi connectivity index (χ0n) is 15.8. The van der Waals surface area contributed by atoms with Gasteiger partial charge in [0.05, 0.1) is 24.3 Å². The molecule has 0 unspecified atom stereocenters. The quantitative estimate of drug-likeness (QED) is 0.880. The van der Waals surface area contributed by atoms with Crippen LogP contribution in [-0.2, 0) is 21.6 Å². The summed E-state index contributed by atoms with van der Waals surface area (Å²) in [4.78, 5) is 26.4. The van der Waals surface area contributed by atoms with Crippen LogP contribution in [0, 0.1) is 0 Å². The van der Waals surface area contributed by atoms with Crippen LogP contribution in [0.4, 0.5) is 17.2 Å². The van der Waals surface area contributed by atoms with E-state index in [1.54, 1.807) is 11.1 Å². The van der Waals surface area contributed by atoms with E-state index in [4.69, 9.17) is 4.74 Å². The summed E-state index contributed by atoms with van der Waals surface area (Å²) in [5.74, 6) is 1.06. The van der Waals surface area contributed by atoms with Crippen LogP contribution in [0.25, 0.3) is 0 Å². The number of aliphatic hydroxyl groups is 1. The summed E-state index contributed by atoms with van der Waals surface area (Å²) in [6.45, 7) is 2.99. The fraction of sp³-hybridized carbons (Fsp3) is 0.476. The Labute approximate surface area is 164 Å². The van der Waals surface area contributed by atoms with Gasteiger partial charge in [0.1, 0.15) is 12.4 Å². The van der Waals surface area contributed by atoms with E-state index in [2.05, 4.69) is 27.0 Å². The van der Waals surface area contributed by atoms with Crippen LogP contribution in [0.5, 0.6) is 0 Å². The van der Waals surface area contributed by atoms with E-state index >= 15 is 0 Å². The van der Waals surface area contributed by atoms with Gasteiger partial charge in [-0.1, -0.05) is 12.8 Å². The average molecular weight is 380 g/mol. The largest absolute Gasteiger partial charge is 0.388 e. The Morgan fingerprint density at radius 1 is 1.07 bits per heavy atom. The molecule has 7 heteroatoms. The van der Waals surface area contributed by atoms with Crippen molar-refractivity contribution in [2.24, 2.45) is 0 Å². The molecule has 1 amide bonds. The van der Waals surface area contributed by atoms with E-state index in [0.29, 0.717) is 11.6 Å². The minimum absolute atomic E-state index is 0.0866. The van der Waals surface area contributed by atoms with Crippen LogP contribution < -0.4 is 9.80 Å². The van der Waals surface area contributed by atoms with Crippen molar-refractivity contribution in [3.8, 4) is 0 Å². The summed E-state index contributed by atoms with van der Waals surface area (Å²) in [6.07, 6.45) is 5.50. The molecule has 0 radical (unpaired) electrons. The van der Waals surface area contributed by atoms with Crippen molar-refractivity contribution in [1.29, 1.82) is 0 Å². The molecule has 3 heterocycles. The van der Waals surface area contributed by atoms with Gasteiger partial charge in [0.2, 0.25) is 5.91 Å². The Morgan fingerprint density at radius 3 is 2.43 bits per heavy atom. The smallest absolute Gasteiger partial charge is 0.243 e. The van der Waals surface area contributed by atoms with Crippen molar-refractivity contribution >= 4 is 23.1 Å². The van der Waals surface area contributed by atoms with Gasteiger partial charge in [0, 0.05) is 30.5 Å². The monoisotopic (exact) mass is 380 g/mol. The van der Waals surface area contributed by atoms with Crippen molar-refractivity contribution < 1.29 is 14.6 Å². The summed E-state index contributed by atoms with van der Waals surface area (Å²) in [7, 11) is 0. The molecule has 146 valence electrons. The minimum Gasteiger partial charge on any atom is -0.388 e. The molecule has 28 heavy (non-hydrogen) atoms. The number of benzene rings is 1. The van der Waals surface area contributed by atoms with Crippen molar-refractivity contribution in [1.82, 2.24) is 9.97 Å². The zero-order valence-corrected chi connectivity index (χ0v) is 15.8. The molecule has 2 fully saturated rings. The Balaban J connectivity index is 1.53. The van der Waals surface area contributed by atoms with E-state index in [-0.39, 0.29) is 12.5 Å². The number of carbonyl (C=O) groups is 1. The first-order valence-electron chi connectivity index (χ1n) is 9.97. The van der Waals surface area contributed by atoms with Crippen LogP contribution in [0.15, 0.2) is 30.5 Å². The molecule has 0 atom stereocenters. The number of ether oxygens (including phenoxy) is 1. The molecule has 1 aromatic carbocycles. The number of fused-ring (bicyclic) bond motifs is 2. The maximum atomic E-state index is 13.5. The third-order valence-electron chi connectivity index (χ3n) is 6.24. The number of aromatic nitrogens is 2. The minimum atomic E-state index is -0.508. The molecule has 1 saturated heterocycles. The summed E-state index contributed by atoms with van der Waals surface area (Å²) < 4.78 is 5.43. The lowest BCUT2D eigenvalue weighted by Gasteiger charge is -2.29. The highest BCUT2D eigenvalue weighted by atomic mass is 16.5. The third kappa shape index (κ3) is 2.61. The zero-order chi connectivity index (χ0) is 19.1. The second-order valence-electron chi connectivity index (χ2n) is 7.73. The van der Waals surface area contributed by atoms with Gasteiger partial charge in [-0.2, -0.15) is 0 Å². The molecule has 7 nitrogen and oxygen atoms in total. The lowest BCUT2D eigenvalue weighted by molar-refractivity contribution is -0.122. The van der Waals surface area contributed by atoms with Gasteiger partial charge in [-0.25, -0.2) is 9.97 Å². The molecule has 1 aromatic heterocycles. The van der Waals surface area contributed by atoms with E-state index in [0.717, 1.165) is 68.9 Å². The van der Waals surface area contributed by atoms with E-state index < -0.39 is 5.41 Å². The first-order valence-corrected chi connectivity index (χ1v) is 9.97. The number of aliphatic hydroxyl groups excluding tert-OH is 1. The number of rotatable bonds is 3. The standard InChI is InChI=1S/C21H24N4O3/c26-14-18-22-13-17-19(23-18)25(20(27)21(17)7-1-2-8-21)16-5-3-15(4-6-16)24-9-11-28-12-10-24/h3-6,13,26H,1-2,7-12,14H2. The van der Waals surface area contributed by atoms with Crippen molar-refractivity contribution in [2.75, 3.05) is 36.1 Å². The third-order valence-corrected chi connectivity index (χ3v) is 6.24. The molecule has 1 N–H and O–H groups in total. The maximum absolute atomic E-state index is 13.5. The summed E-state index contributed by atoms with van der Waals surface area (Å²) in [5.41, 5.74) is 2.35. The van der Waals surface area contributed by atoms with Gasteiger partial charge in [0.15, 0.2) is 5.82 Å². The second-order valence-corrected chi connectivity index (χ2v) is 7.73. The van der Waals surface area contributed by atoms with E-state index in [9.17, 15) is 9.90 Å². The van der Waals surface area contributed by atoms with Crippen LogP contribution in [-0.4, -0.2) is 47.3 Å². The van der Waals surface area contributed by atoms with Gasteiger partial charge in [-0.15, -0.1) is 0 Å². The van der Waals surface area contributed by atoms with Gasteiger partial charge in [-0.05, 0) is 37.1 Å². The number of nitrogens with zero attached hydrogens (tertiary/aromatic N) is 4. The number of hydrogen-bond acceptors (Lipinski definition) is 6. The summed E-state index contributed by atoms with van der Waals surface area (Å²) in [5, 5.41) is 9.48. The maximum Gasteiger partial charge on any atom is 0.243 e. The van der Waals surface area contributed by atoms with Crippen LogP contribution in [0.1, 0.15) is 37.1 Å². The number of anilines is 3. The molecule has 1 aliphatic carbocycles. The predicted octanol–water partition coefficient (Wildman–Crippen LogP) is 2.30. The molecule has 2 aromatic rings. The molecule has 3 aliphatic rings. The highest BCUT2D eigenvalue weighted by molar-refractivity contribution is 6.12. The fourth-order valence-corrected chi connectivity index (χ4v) is 4.75. The normalized spacial score (nSPS) is 20.8. The number of carbonyl (C=O) groups excluding carboxylic acids is 1. The fourth-order valence-electron chi connectivity index (χ4n) is 4.75. The molecule has 5 rings (SSSR count). The molecule has 1 spiro atoms. The Hall–Kier alpha value is -2.51.